The summed E-state index contributed by atoms with van der Waals surface area (Å²) in [5.41, 5.74) is 1.96. The van der Waals surface area contributed by atoms with E-state index >= 15 is 0 Å². The van der Waals surface area contributed by atoms with Crippen LogP contribution in [0.25, 0.3) is 10.5 Å². The van der Waals surface area contributed by atoms with E-state index in [0.717, 1.165) is 5.56 Å². The Labute approximate surface area is 132 Å². The molecule has 1 aromatic heterocycles. The fraction of sp³-hybridized carbons (Fsp3) is 0.286. The van der Waals surface area contributed by atoms with Gasteiger partial charge in [0.25, 0.3) is 5.56 Å². The lowest BCUT2D eigenvalue weighted by atomic mass is 10.2. The van der Waals surface area contributed by atoms with E-state index in [9.17, 15) is 4.79 Å². The summed E-state index contributed by atoms with van der Waals surface area (Å²) < 4.78 is 3.22. The molecule has 0 saturated carbocycles. The molecule has 0 aliphatic carbocycles. The van der Waals surface area contributed by atoms with Crippen LogP contribution >= 0.6 is 23.8 Å². The van der Waals surface area contributed by atoms with Gasteiger partial charge in [-0.05, 0) is 50.7 Å². The second-order valence-electron chi connectivity index (χ2n) is 4.53. The number of nitrogens with zero attached hydrogens (tertiary/aromatic N) is 4. The van der Waals surface area contributed by atoms with Gasteiger partial charge in [-0.3, -0.25) is 9.36 Å². The van der Waals surface area contributed by atoms with E-state index in [1.165, 1.54) is 9.25 Å². The van der Waals surface area contributed by atoms with Gasteiger partial charge < -0.3 is 0 Å². The Kier molecular flexibility index (Phi) is 4.26. The van der Waals surface area contributed by atoms with E-state index in [2.05, 4.69) is 9.94 Å². The number of hydrogen-bond donors (Lipinski definition) is 0. The standard InChI is InChI=1S/C14H13ClN4OS/c1-5-18-13(20)9(3)17-19(14(18)21)12-6-8(2)11(16-4)7-10(12)15/h6-7H,5H2,1-3H3. The van der Waals surface area contributed by atoms with E-state index in [1.54, 1.807) is 19.1 Å². The van der Waals surface area contributed by atoms with Gasteiger partial charge in [-0.25, -0.2) is 9.53 Å². The molecule has 1 aromatic carbocycles. The van der Waals surface area contributed by atoms with E-state index in [1.807, 2.05) is 13.8 Å². The summed E-state index contributed by atoms with van der Waals surface area (Å²) in [5.74, 6) is 0. The second kappa shape index (κ2) is 5.80. The van der Waals surface area contributed by atoms with Crippen molar-refractivity contribution >= 4 is 29.5 Å². The van der Waals surface area contributed by atoms with Crippen molar-refractivity contribution in [3.05, 3.63) is 55.0 Å². The third kappa shape index (κ3) is 2.62. The Hall–Kier alpha value is -1.97. The van der Waals surface area contributed by atoms with Gasteiger partial charge in [0.1, 0.15) is 5.69 Å². The third-order valence-corrected chi connectivity index (χ3v) is 3.84. The van der Waals surface area contributed by atoms with Crippen LogP contribution in [0, 0.1) is 25.2 Å². The maximum absolute atomic E-state index is 12.0. The summed E-state index contributed by atoms with van der Waals surface area (Å²) in [7, 11) is 0. The molecule has 0 N–H and O–H groups in total. The summed E-state index contributed by atoms with van der Waals surface area (Å²) in [6.45, 7) is 12.9. The van der Waals surface area contributed by atoms with Crippen LogP contribution in [0.2, 0.25) is 5.02 Å². The van der Waals surface area contributed by atoms with Crippen LogP contribution in [0.5, 0.6) is 0 Å². The highest BCUT2D eigenvalue weighted by Crippen LogP contribution is 2.29. The van der Waals surface area contributed by atoms with E-state index in [0.29, 0.717) is 28.6 Å². The molecular formula is C14H13ClN4OS. The number of benzene rings is 1. The van der Waals surface area contributed by atoms with Crippen molar-refractivity contribution < 1.29 is 0 Å². The van der Waals surface area contributed by atoms with Crippen molar-refractivity contribution in [3.8, 4) is 5.69 Å². The quantitative estimate of drug-likeness (QED) is 0.627. The Morgan fingerprint density at radius 3 is 2.67 bits per heavy atom. The number of aryl methyl sites for hydroxylation is 2. The molecule has 0 aliphatic rings. The average Bonchev–Trinajstić information content (AvgIpc) is 2.46. The smallest absolute Gasteiger partial charge is 0.275 e. The lowest BCUT2D eigenvalue weighted by Gasteiger charge is -2.13. The second-order valence-corrected chi connectivity index (χ2v) is 5.30. The molecule has 0 atom stereocenters. The molecule has 0 fully saturated rings. The predicted octanol–water partition coefficient (Wildman–Crippen LogP) is 3.60. The fourth-order valence-electron chi connectivity index (χ4n) is 2.01. The molecule has 5 nitrogen and oxygen atoms in total. The summed E-state index contributed by atoms with van der Waals surface area (Å²) in [6.07, 6.45) is 0. The van der Waals surface area contributed by atoms with Crippen LogP contribution < -0.4 is 5.56 Å². The zero-order chi connectivity index (χ0) is 15.7. The predicted molar refractivity (Wildman–Crippen MR) is 85.1 cm³/mol. The number of halogens is 1. The minimum absolute atomic E-state index is 0.204. The lowest BCUT2D eigenvalue weighted by Crippen LogP contribution is -2.28. The average molecular weight is 321 g/mol. The minimum atomic E-state index is -0.204. The maximum atomic E-state index is 12.0. The Bertz CT molecular complexity index is 876. The maximum Gasteiger partial charge on any atom is 0.275 e. The van der Waals surface area contributed by atoms with Crippen LogP contribution in [0.15, 0.2) is 16.9 Å². The van der Waals surface area contributed by atoms with Crippen LogP contribution in [-0.2, 0) is 6.54 Å². The first-order chi connectivity index (χ1) is 9.90. The van der Waals surface area contributed by atoms with Crippen LogP contribution in [-0.4, -0.2) is 14.3 Å². The number of hydrogen-bond acceptors (Lipinski definition) is 3. The Morgan fingerprint density at radius 2 is 2.10 bits per heavy atom. The first-order valence-corrected chi connectivity index (χ1v) is 7.08. The summed E-state index contributed by atoms with van der Waals surface area (Å²) in [5, 5.41) is 4.60. The summed E-state index contributed by atoms with van der Waals surface area (Å²) in [4.78, 5) is 15.4. The molecule has 0 spiro atoms. The highest BCUT2D eigenvalue weighted by atomic mass is 35.5. The Balaban J connectivity index is 2.84. The molecule has 21 heavy (non-hydrogen) atoms. The molecule has 0 aliphatic heterocycles. The van der Waals surface area contributed by atoms with Crippen molar-refractivity contribution in [1.82, 2.24) is 14.3 Å². The number of rotatable bonds is 2. The third-order valence-electron chi connectivity index (χ3n) is 3.15. The molecular weight excluding hydrogens is 308 g/mol. The van der Waals surface area contributed by atoms with Crippen LogP contribution in [0.3, 0.4) is 0 Å². The van der Waals surface area contributed by atoms with Crippen molar-refractivity contribution in [2.24, 2.45) is 0 Å². The lowest BCUT2D eigenvalue weighted by molar-refractivity contribution is 0.613. The highest BCUT2D eigenvalue weighted by molar-refractivity contribution is 7.71. The first kappa shape index (κ1) is 15.4. The van der Waals surface area contributed by atoms with Crippen LogP contribution in [0.1, 0.15) is 18.2 Å². The van der Waals surface area contributed by atoms with Gasteiger partial charge in [-0.15, -0.1) is 0 Å². The van der Waals surface area contributed by atoms with Gasteiger partial charge in [0.15, 0.2) is 5.69 Å². The monoisotopic (exact) mass is 320 g/mol. The summed E-state index contributed by atoms with van der Waals surface area (Å²) >= 11 is 11.6. The molecule has 0 amide bonds. The largest absolute Gasteiger partial charge is 0.282 e. The van der Waals surface area contributed by atoms with Crippen molar-refractivity contribution in [2.75, 3.05) is 0 Å². The Morgan fingerprint density at radius 1 is 1.43 bits per heavy atom. The molecule has 0 unspecified atom stereocenters. The van der Waals surface area contributed by atoms with Gasteiger partial charge in [-0.1, -0.05) is 11.6 Å². The van der Waals surface area contributed by atoms with Gasteiger partial charge in [0.05, 0.1) is 17.3 Å². The van der Waals surface area contributed by atoms with Crippen molar-refractivity contribution in [3.63, 3.8) is 0 Å². The zero-order valence-electron chi connectivity index (χ0n) is 11.8. The molecule has 0 saturated heterocycles. The van der Waals surface area contributed by atoms with Crippen molar-refractivity contribution in [2.45, 2.75) is 27.3 Å². The highest BCUT2D eigenvalue weighted by Gasteiger charge is 2.12. The normalized spacial score (nSPS) is 10.4. The van der Waals surface area contributed by atoms with Gasteiger partial charge in [-0.2, -0.15) is 5.10 Å². The first-order valence-electron chi connectivity index (χ1n) is 6.29. The molecule has 108 valence electrons. The SMILES string of the molecule is [C-]#[N+]c1cc(Cl)c(-n2nc(C)c(=O)n(CC)c2=S)cc1C. The van der Waals surface area contributed by atoms with E-state index in [-0.39, 0.29) is 10.3 Å². The minimum Gasteiger partial charge on any atom is -0.282 e. The molecule has 7 heteroatoms. The van der Waals surface area contributed by atoms with E-state index < -0.39 is 0 Å². The van der Waals surface area contributed by atoms with E-state index in [4.69, 9.17) is 30.4 Å². The molecule has 0 radical (unpaired) electrons. The molecule has 2 aromatic rings. The topological polar surface area (TPSA) is 44.2 Å². The molecule has 0 bridgehead atoms. The molecule has 2 rings (SSSR count). The van der Waals surface area contributed by atoms with Crippen molar-refractivity contribution in [1.29, 1.82) is 0 Å². The van der Waals surface area contributed by atoms with Crippen LogP contribution in [0.4, 0.5) is 5.69 Å². The van der Waals surface area contributed by atoms with Gasteiger partial charge in [0.2, 0.25) is 4.77 Å². The number of aromatic nitrogens is 3. The fourth-order valence-corrected chi connectivity index (χ4v) is 2.60. The summed E-state index contributed by atoms with van der Waals surface area (Å²) in [6, 6.07) is 3.34. The van der Waals surface area contributed by atoms with Gasteiger partial charge in [0, 0.05) is 6.54 Å². The zero-order valence-corrected chi connectivity index (χ0v) is 13.4. The van der Waals surface area contributed by atoms with Gasteiger partial charge >= 0.3 is 0 Å². The molecule has 1 heterocycles.